The van der Waals surface area contributed by atoms with Crippen molar-refractivity contribution in [3.8, 4) is 0 Å². The number of nitrogens with one attached hydrogen (secondary N) is 1. The van der Waals surface area contributed by atoms with E-state index in [0.29, 0.717) is 36.8 Å². The number of H-pyrrole nitrogens is 1. The summed E-state index contributed by atoms with van der Waals surface area (Å²) in [6.07, 6.45) is 2.38. The van der Waals surface area contributed by atoms with E-state index in [-0.39, 0.29) is 29.7 Å². The largest absolute Gasteiger partial charge is 0.334 e. The van der Waals surface area contributed by atoms with Gasteiger partial charge in [-0.05, 0) is 44.7 Å². The van der Waals surface area contributed by atoms with Gasteiger partial charge in [-0.2, -0.15) is 0 Å². The van der Waals surface area contributed by atoms with E-state index in [0.717, 1.165) is 36.3 Å². The van der Waals surface area contributed by atoms with Crippen molar-refractivity contribution in [1.82, 2.24) is 24.4 Å². The van der Waals surface area contributed by atoms with Gasteiger partial charge in [0.1, 0.15) is 5.82 Å². The molecule has 5 rings (SSSR count). The van der Waals surface area contributed by atoms with Gasteiger partial charge in [-0.15, -0.1) is 0 Å². The lowest BCUT2D eigenvalue weighted by atomic mass is 10.1. The van der Waals surface area contributed by atoms with E-state index >= 15 is 0 Å². The van der Waals surface area contributed by atoms with Crippen molar-refractivity contribution in [2.24, 2.45) is 0 Å². The fourth-order valence-electron chi connectivity index (χ4n) is 4.94. The Labute approximate surface area is 185 Å². The minimum Gasteiger partial charge on any atom is -0.334 e. The van der Waals surface area contributed by atoms with Crippen molar-refractivity contribution < 1.29 is 9.18 Å². The molecular weight excluding hydrogens is 409 g/mol. The molecule has 7 nitrogen and oxygen atoms in total. The highest BCUT2D eigenvalue weighted by Gasteiger charge is 2.32. The molecule has 8 heteroatoms. The molecule has 3 aromatic rings. The van der Waals surface area contributed by atoms with Crippen LogP contribution in [0.4, 0.5) is 4.39 Å². The summed E-state index contributed by atoms with van der Waals surface area (Å²) in [6.45, 7) is 6.45. The first-order valence-electron chi connectivity index (χ1n) is 11.3. The van der Waals surface area contributed by atoms with E-state index in [2.05, 4.69) is 23.8 Å². The maximum absolute atomic E-state index is 14.0. The molecule has 0 aliphatic carbocycles. The van der Waals surface area contributed by atoms with Crippen molar-refractivity contribution in [1.29, 1.82) is 0 Å². The van der Waals surface area contributed by atoms with Crippen LogP contribution < -0.4 is 5.56 Å². The molecule has 2 aliphatic heterocycles. The van der Waals surface area contributed by atoms with E-state index in [1.807, 2.05) is 6.07 Å². The second-order valence-corrected chi connectivity index (χ2v) is 9.07. The van der Waals surface area contributed by atoms with Crippen molar-refractivity contribution in [3.63, 3.8) is 0 Å². The molecule has 0 spiro atoms. The Bertz CT molecular complexity index is 1230. The van der Waals surface area contributed by atoms with Crippen LogP contribution in [-0.2, 0) is 24.2 Å². The number of rotatable bonds is 4. The van der Waals surface area contributed by atoms with Crippen molar-refractivity contribution in [2.75, 3.05) is 13.1 Å². The molecular formula is C24H28FN5O2. The number of halogens is 1. The molecule has 1 N–H and O–H groups in total. The third kappa shape index (κ3) is 3.62. The standard InChI is InChI=1S/C24H28FN5O2/c1-15(2)28-11-9-17-20(14-28)26-22-13-19(27-30(22)24(17)32)21-8-5-10-29(21)23(31)12-16-6-3-4-7-18(16)25/h3-4,6-7,13,15,21,27H,5,8-12,14H2,1-2H3/t21-/m0/s1. The van der Waals surface area contributed by atoms with Crippen LogP contribution in [0.15, 0.2) is 35.1 Å². The molecule has 1 saturated heterocycles. The summed E-state index contributed by atoms with van der Waals surface area (Å²) < 4.78 is 15.6. The van der Waals surface area contributed by atoms with Gasteiger partial charge in [0.25, 0.3) is 5.56 Å². The number of nitrogens with zero attached hydrogens (tertiary/aromatic N) is 4. The van der Waals surface area contributed by atoms with Crippen LogP contribution in [0.25, 0.3) is 5.65 Å². The van der Waals surface area contributed by atoms with E-state index in [1.165, 1.54) is 10.6 Å². The van der Waals surface area contributed by atoms with Gasteiger partial charge in [0, 0.05) is 37.3 Å². The summed E-state index contributed by atoms with van der Waals surface area (Å²) in [5.74, 6) is -0.470. The zero-order valence-corrected chi connectivity index (χ0v) is 18.5. The second-order valence-electron chi connectivity index (χ2n) is 9.07. The zero-order chi connectivity index (χ0) is 22.4. The first kappa shape index (κ1) is 20.9. The Morgan fingerprint density at radius 2 is 2.09 bits per heavy atom. The van der Waals surface area contributed by atoms with Crippen molar-refractivity contribution in [3.05, 3.63) is 69.0 Å². The average Bonchev–Trinajstić information content (AvgIpc) is 3.42. The van der Waals surface area contributed by atoms with Crippen LogP contribution >= 0.6 is 0 Å². The summed E-state index contributed by atoms with van der Waals surface area (Å²) in [6, 6.07) is 8.51. The average molecular weight is 438 g/mol. The van der Waals surface area contributed by atoms with Crippen LogP contribution in [0.3, 0.4) is 0 Å². The molecule has 1 fully saturated rings. The van der Waals surface area contributed by atoms with Crippen LogP contribution in [-0.4, -0.2) is 49.4 Å². The number of amides is 1. The minimum atomic E-state index is -0.362. The number of carbonyl (C=O) groups is 1. The molecule has 0 bridgehead atoms. The zero-order valence-electron chi connectivity index (χ0n) is 18.5. The van der Waals surface area contributed by atoms with Gasteiger partial charge in [0.2, 0.25) is 5.91 Å². The number of hydrogen-bond acceptors (Lipinski definition) is 4. The molecule has 4 heterocycles. The quantitative estimate of drug-likeness (QED) is 0.681. The molecule has 0 radical (unpaired) electrons. The number of fused-ring (bicyclic) bond motifs is 2. The third-order valence-electron chi connectivity index (χ3n) is 6.78. The number of benzene rings is 1. The van der Waals surface area contributed by atoms with Crippen LogP contribution in [0, 0.1) is 5.82 Å². The molecule has 32 heavy (non-hydrogen) atoms. The van der Waals surface area contributed by atoms with Crippen molar-refractivity contribution >= 4 is 11.6 Å². The predicted molar refractivity (Wildman–Crippen MR) is 119 cm³/mol. The van der Waals surface area contributed by atoms with Gasteiger partial charge in [0.05, 0.1) is 23.9 Å². The van der Waals surface area contributed by atoms with Crippen LogP contribution in [0.5, 0.6) is 0 Å². The summed E-state index contributed by atoms with van der Waals surface area (Å²) in [5, 5.41) is 3.21. The fourth-order valence-corrected chi connectivity index (χ4v) is 4.94. The molecule has 168 valence electrons. The van der Waals surface area contributed by atoms with Crippen molar-refractivity contribution in [2.45, 2.75) is 58.2 Å². The number of likely N-dealkylation sites (tertiary alicyclic amines) is 1. The highest BCUT2D eigenvalue weighted by molar-refractivity contribution is 5.79. The normalized spacial score (nSPS) is 19.1. The monoisotopic (exact) mass is 437 g/mol. The maximum Gasteiger partial charge on any atom is 0.276 e. The molecule has 0 saturated carbocycles. The lowest BCUT2D eigenvalue weighted by molar-refractivity contribution is -0.131. The van der Waals surface area contributed by atoms with Gasteiger partial charge in [-0.25, -0.2) is 13.9 Å². The summed E-state index contributed by atoms with van der Waals surface area (Å²) in [4.78, 5) is 35.0. The number of aromatic nitrogens is 3. The van der Waals surface area contributed by atoms with Crippen LogP contribution in [0.2, 0.25) is 0 Å². The Balaban J connectivity index is 1.44. The number of carbonyl (C=O) groups excluding carboxylic acids is 1. The molecule has 1 atom stereocenters. The Morgan fingerprint density at radius 1 is 1.28 bits per heavy atom. The highest BCUT2D eigenvalue weighted by atomic mass is 19.1. The first-order chi connectivity index (χ1) is 15.4. The van der Waals surface area contributed by atoms with E-state index in [9.17, 15) is 14.0 Å². The van der Waals surface area contributed by atoms with Gasteiger partial charge >= 0.3 is 0 Å². The lowest BCUT2D eigenvalue weighted by Gasteiger charge is -2.30. The summed E-state index contributed by atoms with van der Waals surface area (Å²) in [7, 11) is 0. The molecule has 2 aliphatic rings. The second kappa shape index (κ2) is 8.16. The SMILES string of the molecule is CC(C)N1CCc2c(nc3cc([C@@H]4CCCN4C(=O)Cc4ccccc4F)[nH]n3c2=O)C1. The topological polar surface area (TPSA) is 73.7 Å². The van der Waals surface area contributed by atoms with E-state index < -0.39 is 0 Å². The molecule has 2 aromatic heterocycles. The first-order valence-corrected chi connectivity index (χ1v) is 11.3. The maximum atomic E-state index is 14.0. The number of hydrogen-bond donors (Lipinski definition) is 1. The molecule has 1 amide bonds. The summed E-state index contributed by atoms with van der Waals surface area (Å²) >= 11 is 0. The Kier molecular flexibility index (Phi) is 5.33. The summed E-state index contributed by atoms with van der Waals surface area (Å²) in [5.41, 5.74) is 3.35. The lowest BCUT2D eigenvalue weighted by Crippen LogP contribution is -2.39. The molecule has 0 unspecified atom stereocenters. The minimum absolute atomic E-state index is 0.0287. The van der Waals surface area contributed by atoms with E-state index in [4.69, 9.17) is 4.98 Å². The smallest absolute Gasteiger partial charge is 0.276 e. The predicted octanol–water partition coefficient (Wildman–Crippen LogP) is 2.83. The Hall–Kier alpha value is -3.00. The van der Waals surface area contributed by atoms with Gasteiger partial charge in [-0.1, -0.05) is 18.2 Å². The Morgan fingerprint density at radius 3 is 2.88 bits per heavy atom. The van der Waals surface area contributed by atoms with Gasteiger partial charge < -0.3 is 4.90 Å². The fraction of sp³-hybridized carbons (Fsp3) is 0.458. The highest BCUT2D eigenvalue weighted by Crippen LogP contribution is 2.32. The third-order valence-corrected chi connectivity index (χ3v) is 6.78. The van der Waals surface area contributed by atoms with Crippen LogP contribution in [0.1, 0.15) is 55.2 Å². The number of aromatic amines is 1. The van der Waals surface area contributed by atoms with Gasteiger partial charge in [-0.3, -0.25) is 19.6 Å². The molecule has 1 aromatic carbocycles. The van der Waals surface area contributed by atoms with E-state index in [1.54, 1.807) is 23.1 Å². The van der Waals surface area contributed by atoms with Gasteiger partial charge in [0.15, 0.2) is 5.65 Å².